The van der Waals surface area contributed by atoms with Crippen LogP contribution >= 0.6 is 23.4 Å². The van der Waals surface area contributed by atoms with Gasteiger partial charge in [0.25, 0.3) is 0 Å². The summed E-state index contributed by atoms with van der Waals surface area (Å²) in [6.07, 6.45) is 0. The van der Waals surface area contributed by atoms with Crippen molar-refractivity contribution in [3.05, 3.63) is 53.1 Å². The van der Waals surface area contributed by atoms with Crippen LogP contribution in [0.25, 0.3) is 0 Å². The van der Waals surface area contributed by atoms with Gasteiger partial charge in [-0.1, -0.05) is 29.8 Å². The highest BCUT2D eigenvalue weighted by Gasteiger charge is 2.22. The highest BCUT2D eigenvalue weighted by molar-refractivity contribution is 7.99. The number of carbonyl (C=O) groups excluding carboxylic acids is 1. The summed E-state index contributed by atoms with van der Waals surface area (Å²) in [6.45, 7) is 3.01. The van der Waals surface area contributed by atoms with Gasteiger partial charge in [-0.2, -0.15) is 0 Å². The van der Waals surface area contributed by atoms with Crippen LogP contribution in [0.15, 0.2) is 47.4 Å². The van der Waals surface area contributed by atoms with Gasteiger partial charge in [-0.05, 0) is 36.8 Å². The lowest BCUT2D eigenvalue weighted by Crippen LogP contribution is -2.39. The van der Waals surface area contributed by atoms with Crippen molar-refractivity contribution in [3.8, 4) is 0 Å². The number of hydrogen-bond acceptors (Lipinski definition) is 3. The van der Waals surface area contributed by atoms with E-state index in [-0.39, 0.29) is 12.5 Å². The van der Waals surface area contributed by atoms with E-state index < -0.39 is 0 Å². The third-order valence-electron chi connectivity index (χ3n) is 3.66. The molecule has 0 aliphatic carbocycles. The number of anilines is 2. The first-order valence-electron chi connectivity index (χ1n) is 7.17. The molecule has 0 atom stereocenters. The minimum absolute atomic E-state index is 0.0760. The summed E-state index contributed by atoms with van der Waals surface area (Å²) in [4.78, 5) is 15.6. The smallest absolute Gasteiger partial charge is 0.246 e. The molecule has 1 N–H and O–H groups in total. The van der Waals surface area contributed by atoms with E-state index >= 15 is 0 Å². The van der Waals surface area contributed by atoms with Crippen LogP contribution in [-0.2, 0) is 4.79 Å². The van der Waals surface area contributed by atoms with E-state index in [1.54, 1.807) is 11.8 Å². The van der Waals surface area contributed by atoms with E-state index in [9.17, 15) is 4.79 Å². The molecular weight excluding hydrogens is 316 g/mol. The number of aryl methyl sites for hydroxylation is 1. The number of carbonyl (C=O) groups is 1. The lowest BCUT2D eigenvalue weighted by molar-refractivity contribution is -0.117. The van der Waals surface area contributed by atoms with Crippen molar-refractivity contribution in [2.45, 2.75) is 11.8 Å². The number of fused-ring (bicyclic) bond motifs is 1. The predicted octanol–water partition coefficient (Wildman–Crippen LogP) is 4.20. The first kappa shape index (κ1) is 15.3. The number of nitrogens with zero attached hydrogens (tertiary/aromatic N) is 1. The molecule has 1 aliphatic rings. The fourth-order valence-electron chi connectivity index (χ4n) is 2.48. The van der Waals surface area contributed by atoms with Crippen LogP contribution < -0.4 is 10.2 Å². The molecule has 3 nitrogen and oxygen atoms in total. The van der Waals surface area contributed by atoms with Gasteiger partial charge in [-0.15, -0.1) is 11.8 Å². The van der Waals surface area contributed by atoms with Gasteiger partial charge in [-0.3, -0.25) is 4.79 Å². The molecule has 0 bridgehead atoms. The Bertz CT molecular complexity index is 705. The normalized spacial score (nSPS) is 13.6. The standard InChI is InChI=1S/C17H17ClN2OS/c1-12-6-7-13(18)10-14(12)19-11-17(21)20-8-9-22-16-5-3-2-4-15(16)20/h2-7,10,19H,8-9,11H2,1H3. The van der Waals surface area contributed by atoms with Crippen molar-refractivity contribution in [2.24, 2.45) is 0 Å². The number of benzene rings is 2. The summed E-state index contributed by atoms with van der Waals surface area (Å²) in [5.74, 6) is 1.01. The van der Waals surface area contributed by atoms with Gasteiger partial charge in [0, 0.05) is 27.9 Å². The summed E-state index contributed by atoms with van der Waals surface area (Å²) in [5.41, 5.74) is 2.99. The van der Waals surface area contributed by atoms with Gasteiger partial charge in [-0.25, -0.2) is 0 Å². The van der Waals surface area contributed by atoms with Gasteiger partial charge in [0.2, 0.25) is 5.91 Å². The molecular formula is C17H17ClN2OS. The van der Waals surface area contributed by atoms with Crippen LogP contribution in [0.5, 0.6) is 0 Å². The minimum Gasteiger partial charge on any atom is -0.376 e. The van der Waals surface area contributed by atoms with Crippen LogP contribution in [-0.4, -0.2) is 24.7 Å². The van der Waals surface area contributed by atoms with Gasteiger partial charge in [0.1, 0.15) is 0 Å². The quantitative estimate of drug-likeness (QED) is 0.914. The second kappa shape index (κ2) is 6.63. The molecule has 0 radical (unpaired) electrons. The van der Waals surface area contributed by atoms with E-state index in [0.29, 0.717) is 5.02 Å². The summed E-state index contributed by atoms with van der Waals surface area (Å²) in [6, 6.07) is 13.7. The lowest BCUT2D eigenvalue weighted by atomic mass is 10.2. The number of halogens is 1. The highest BCUT2D eigenvalue weighted by Crippen LogP contribution is 2.34. The molecule has 1 aliphatic heterocycles. The Morgan fingerprint density at radius 1 is 1.32 bits per heavy atom. The van der Waals surface area contributed by atoms with Crippen molar-refractivity contribution in [1.29, 1.82) is 0 Å². The van der Waals surface area contributed by atoms with Crippen LogP contribution in [0.4, 0.5) is 11.4 Å². The van der Waals surface area contributed by atoms with E-state index in [0.717, 1.165) is 29.2 Å². The zero-order valence-corrected chi connectivity index (χ0v) is 13.9. The topological polar surface area (TPSA) is 32.3 Å². The van der Waals surface area contributed by atoms with Crippen molar-refractivity contribution >= 4 is 40.6 Å². The van der Waals surface area contributed by atoms with Crippen molar-refractivity contribution in [3.63, 3.8) is 0 Å². The number of nitrogens with one attached hydrogen (secondary N) is 1. The molecule has 114 valence electrons. The maximum atomic E-state index is 12.6. The fourth-order valence-corrected chi connectivity index (χ4v) is 3.65. The minimum atomic E-state index is 0.0760. The second-order valence-electron chi connectivity index (χ2n) is 5.17. The summed E-state index contributed by atoms with van der Waals surface area (Å²) >= 11 is 7.81. The maximum Gasteiger partial charge on any atom is 0.246 e. The third-order valence-corrected chi connectivity index (χ3v) is 4.94. The molecule has 0 fully saturated rings. The summed E-state index contributed by atoms with van der Waals surface area (Å²) in [5, 5.41) is 3.87. The Morgan fingerprint density at radius 3 is 3.00 bits per heavy atom. The Hall–Kier alpha value is -1.65. The molecule has 2 aromatic carbocycles. The van der Waals surface area contributed by atoms with Crippen molar-refractivity contribution in [2.75, 3.05) is 29.1 Å². The van der Waals surface area contributed by atoms with Crippen molar-refractivity contribution < 1.29 is 4.79 Å². The Balaban J connectivity index is 1.72. The molecule has 0 spiro atoms. The Kier molecular flexibility index (Phi) is 4.60. The van der Waals surface area contributed by atoms with Gasteiger partial charge in [0.05, 0.1) is 12.2 Å². The predicted molar refractivity (Wildman–Crippen MR) is 94.2 cm³/mol. The molecule has 0 aromatic heterocycles. The highest BCUT2D eigenvalue weighted by atomic mass is 35.5. The van der Waals surface area contributed by atoms with Gasteiger partial charge >= 0.3 is 0 Å². The molecule has 5 heteroatoms. The molecule has 2 aromatic rings. The zero-order valence-electron chi connectivity index (χ0n) is 12.3. The molecule has 22 heavy (non-hydrogen) atoms. The molecule has 3 rings (SSSR count). The van der Waals surface area contributed by atoms with Crippen LogP contribution in [0.3, 0.4) is 0 Å². The maximum absolute atomic E-state index is 12.6. The lowest BCUT2D eigenvalue weighted by Gasteiger charge is -2.29. The number of amides is 1. The Morgan fingerprint density at radius 2 is 2.14 bits per heavy atom. The molecule has 0 unspecified atom stereocenters. The van der Waals surface area contributed by atoms with Crippen LogP contribution in [0.1, 0.15) is 5.56 Å². The summed E-state index contributed by atoms with van der Waals surface area (Å²) in [7, 11) is 0. The SMILES string of the molecule is Cc1ccc(Cl)cc1NCC(=O)N1CCSc2ccccc21. The van der Waals surface area contributed by atoms with Gasteiger partial charge < -0.3 is 10.2 Å². The van der Waals surface area contributed by atoms with Crippen LogP contribution in [0, 0.1) is 6.92 Å². The Labute approximate surface area is 139 Å². The first-order chi connectivity index (χ1) is 10.6. The molecule has 0 saturated heterocycles. The number of para-hydroxylation sites is 1. The van der Waals surface area contributed by atoms with Crippen LogP contribution in [0.2, 0.25) is 5.02 Å². The van der Waals surface area contributed by atoms with E-state index in [2.05, 4.69) is 11.4 Å². The average molecular weight is 333 g/mol. The summed E-state index contributed by atoms with van der Waals surface area (Å²) < 4.78 is 0. The average Bonchev–Trinajstić information content (AvgIpc) is 2.55. The first-order valence-corrected chi connectivity index (χ1v) is 8.54. The monoisotopic (exact) mass is 332 g/mol. The fraction of sp³-hybridized carbons (Fsp3) is 0.235. The van der Waals surface area contributed by atoms with Gasteiger partial charge in [0.15, 0.2) is 0 Å². The third kappa shape index (κ3) is 3.23. The number of rotatable bonds is 3. The zero-order chi connectivity index (χ0) is 15.5. The van der Waals surface area contributed by atoms with E-state index in [1.165, 1.54) is 4.90 Å². The largest absolute Gasteiger partial charge is 0.376 e. The second-order valence-corrected chi connectivity index (χ2v) is 6.75. The van der Waals surface area contributed by atoms with Crippen molar-refractivity contribution in [1.82, 2.24) is 0 Å². The molecule has 0 saturated carbocycles. The van der Waals surface area contributed by atoms with E-state index in [4.69, 9.17) is 11.6 Å². The molecule has 1 heterocycles. The molecule has 1 amide bonds. The van der Waals surface area contributed by atoms with E-state index in [1.807, 2.05) is 48.2 Å². The number of thioether (sulfide) groups is 1. The number of hydrogen-bond donors (Lipinski definition) is 1.